The molecule has 0 aliphatic carbocycles. The molecule has 10 heteroatoms. The van der Waals surface area contributed by atoms with Crippen LogP contribution in [0.2, 0.25) is 0 Å². The average molecular weight is 446 g/mol. The fraction of sp³-hybridized carbons (Fsp3) is 0.833. The standard InChI is InChI=1S/3C6H13NO2.Fe/c3*1-4(2)3-5(7)6(8)9;/h3*4-5H,3,7H2,1-2H3,(H,8,9);/q;;;+3/p-3/t3*5-;/m000./s1. The maximum absolute atomic E-state index is 10.00. The first kappa shape index (κ1) is 34.3. The molecule has 3 atom stereocenters. The molecule has 0 amide bonds. The van der Waals surface area contributed by atoms with Crippen molar-refractivity contribution in [3.8, 4) is 0 Å². The third-order valence-electron chi connectivity index (χ3n) is 3.08. The van der Waals surface area contributed by atoms with Crippen LogP contribution in [-0.4, -0.2) is 36.0 Å². The van der Waals surface area contributed by atoms with Gasteiger partial charge in [0, 0.05) is 18.1 Å². The van der Waals surface area contributed by atoms with E-state index in [4.69, 9.17) is 17.2 Å². The van der Waals surface area contributed by atoms with E-state index < -0.39 is 36.0 Å². The summed E-state index contributed by atoms with van der Waals surface area (Å²) in [6.07, 6.45) is 1.47. The summed E-state index contributed by atoms with van der Waals surface area (Å²) in [5.74, 6) is -2.54. The fourth-order valence-electron chi connectivity index (χ4n) is 1.81. The Balaban J connectivity index is -0.000000152. The maximum atomic E-state index is 10.00. The van der Waals surface area contributed by atoms with E-state index in [1.165, 1.54) is 0 Å². The molecule has 0 bridgehead atoms. The van der Waals surface area contributed by atoms with Gasteiger partial charge in [0.1, 0.15) is 0 Å². The molecular formula is C18H36FeN3O6. The van der Waals surface area contributed by atoms with Gasteiger partial charge in [0.05, 0.1) is 17.9 Å². The zero-order valence-electron chi connectivity index (χ0n) is 17.6. The van der Waals surface area contributed by atoms with Crippen molar-refractivity contribution in [1.82, 2.24) is 0 Å². The first-order valence-corrected chi connectivity index (χ1v) is 9.00. The first-order valence-electron chi connectivity index (χ1n) is 9.00. The molecular weight excluding hydrogens is 410 g/mol. The second kappa shape index (κ2) is 19.1. The van der Waals surface area contributed by atoms with Gasteiger partial charge in [-0.15, -0.1) is 0 Å². The number of carboxylic acids is 3. The summed E-state index contributed by atoms with van der Waals surface area (Å²) >= 11 is 0. The Bertz CT molecular complexity index is 372. The van der Waals surface area contributed by atoms with Crippen LogP contribution in [0.15, 0.2) is 0 Å². The van der Waals surface area contributed by atoms with Gasteiger partial charge in [-0.05, 0) is 37.0 Å². The Morgan fingerprint density at radius 2 is 0.714 bits per heavy atom. The van der Waals surface area contributed by atoms with Gasteiger partial charge in [-0.25, -0.2) is 0 Å². The zero-order chi connectivity index (χ0) is 22.3. The van der Waals surface area contributed by atoms with Crippen LogP contribution in [0, 0.1) is 17.8 Å². The number of rotatable bonds is 9. The summed E-state index contributed by atoms with van der Waals surface area (Å²) in [6.45, 7) is 11.5. The smallest absolute Gasteiger partial charge is 0.548 e. The summed E-state index contributed by atoms with van der Waals surface area (Å²) in [6, 6.07) is -2.40. The monoisotopic (exact) mass is 446 g/mol. The quantitative estimate of drug-likeness (QED) is 0.316. The molecule has 0 aromatic heterocycles. The number of aliphatic carboxylic acids is 3. The second-order valence-corrected chi connectivity index (χ2v) is 7.67. The molecule has 0 aromatic rings. The van der Waals surface area contributed by atoms with Crippen molar-refractivity contribution in [3.63, 3.8) is 0 Å². The molecule has 167 valence electrons. The molecule has 1 radical (unpaired) electrons. The van der Waals surface area contributed by atoms with Gasteiger partial charge in [-0.2, -0.15) is 0 Å². The van der Waals surface area contributed by atoms with Crippen LogP contribution in [0.25, 0.3) is 0 Å². The van der Waals surface area contributed by atoms with Crippen LogP contribution in [0.3, 0.4) is 0 Å². The van der Waals surface area contributed by atoms with Crippen LogP contribution >= 0.6 is 0 Å². The Morgan fingerprint density at radius 3 is 0.750 bits per heavy atom. The maximum Gasteiger partial charge on any atom is 3.00 e. The van der Waals surface area contributed by atoms with Gasteiger partial charge in [0.15, 0.2) is 0 Å². The van der Waals surface area contributed by atoms with Gasteiger partial charge in [-0.3, -0.25) is 0 Å². The predicted molar refractivity (Wildman–Crippen MR) is 97.3 cm³/mol. The molecule has 9 nitrogen and oxygen atoms in total. The second-order valence-electron chi connectivity index (χ2n) is 7.67. The van der Waals surface area contributed by atoms with Crippen molar-refractivity contribution in [3.05, 3.63) is 0 Å². The normalized spacial score (nSPS) is 13.3. The Morgan fingerprint density at radius 1 is 0.571 bits per heavy atom. The van der Waals surface area contributed by atoms with Gasteiger partial charge in [-0.1, -0.05) is 41.5 Å². The Hall–Kier alpha value is -1.19. The van der Waals surface area contributed by atoms with Crippen LogP contribution in [-0.2, 0) is 31.5 Å². The van der Waals surface area contributed by atoms with E-state index in [9.17, 15) is 29.7 Å². The van der Waals surface area contributed by atoms with Gasteiger partial charge in [0.2, 0.25) is 0 Å². The molecule has 0 heterocycles. The molecule has 0 aliphatic heterocycles. The summed E-state index contributed by atoms with van der Waals surface area (Å²) in [7, 11) is 0. The molecule has 28 heavy (non-hydrogen) atoms. The molecule has 0 aromatic carbocycles. The molecule has 0 spiro atoms. The Kier molecular flexibility index (Phi) is 23.5. The summed E-state index contributed by atoms with van der Waals surface area (Å²) in [5, 5.41) is 30.0. The zero-order valence-corrected chi connectivity index (χ0v) is 18.7. The number of carboxylic acid groups (broad SMARTS) is 3. The molecule has 0 unspecified atom stereocenters. The van der Waals surface area contributed by atoms with E-state index in [0.717, 1.165) is 0 Å². The van der Waals surface area contributed by atoms with Crippen LogP contribution in [0.4, 0.5) is 0 Å². The van der Waals surface area contributed by atoms with E-state index in [1.807, 2.05) is 41.5 Å². The largest absolute Gasteiger partial charge is 3.00 e. The van der Waals surface area contributed by atoms with E-state index in [-0.39, 0.29) is 17.1 Å². The minimum absolute atomic E-state index is 0. The number of hydrogen-bond donors (Lipinski definition) is 3. The number of carbonyl (C=O) groups is 3. The molecule has 0 rings (SSSR count). The van der Waals surface area contributed by atoms with Crippen LogP contribution < -0.4 is 32.5 Å². The third kappa shape index (κ3) is 27.0. The van der Waals surface area contributed by atoms with Crippen molar-refractivity contribution in [2.45, 2.75) is 78.9 Å². The first-order chi connectivity index (χ1) is 12.1. The number of nitrogens with two attached hydrogens (primary N) is 3. The Labute approximate surface area is 178 Å². The van der Waals surface area contributed by atoms with Gasteiger partial charge < -0.3 is 46.9 Å². The van der Waals surface area contributed by atoms with Gasteiger partial charge in [0.25, 0.3) is 0 Å². The van der Waals surface area contributed by atoms with Crippen LogP contribution in [0.5, 0.6) is 0 Å². The average Bonchev–Trinajstić information content (AvgIpc) is 2.46. The van der Waals surface area contributed by atoms with Crippen molar-refractivity contribution in [2.75, 3.05) is 0 Å². The molecule has 0 saturated carbocycles. The van der Waals surface area contributed by atoms with Crippen molar-refractivity contribution >= 4 is 17.9 Å². The minimum Gasteiger partial charge on any atom is -0.548 e. The number of carbonyl (C=O) groups excluding carboxylic acids is 3. The van der Waals surface area contributed by atoms with E-state index >= 15 is 0 Å². The topological polar surface area (TPSA) is 198 Å². The summed E-state index contributed by atoms with van der Waals surface area (Å²) in [5.41, 5.74) is 15.5. The molecule has 0 aliphatic rings. The molecule has 0 saturated heterocycles. The SMILES string of the molecule is CC(C)C[C@H](N)C(=O)[O-].CC(C)C[C@H](N)C(=O)[O-].CC(C)C[C@H](N)C(=O)[O-].[Fe+3]. The van der Waals surface area contributed by atoms with Crippen molar-refractivity contribution in [1.29, 1.82) is 0 Å². The molecule has 6 N–H and O–H groups in total. The number of hydrogen-bond acceptors (Lipinski definition) is 9. The van der Waals surface area contributed by atoms with E-state index in [2.05, 4.69) is 0 Å². The third-order valence-corrected chi connectivity index (χ3v) is 3.08. The fourth-order valence-corrected chi connectivity index (χ4v) is 1.81. The summed E-state index contributed by atoms with van der Waals surface area (Å²) in [4.78, 5) is 30.0. The van der Waals surface area contributed by atoms with Crippen molar-refractivity contribution in [2.24, 2.45) is 35.0 Å². The minimum atomic E-state index is -1.16. The van der Waals surface area contributed by atoms with Crippen molar-refractivity contribution < 1.29 is 46.8 Å². The van der Waals surface area contributed by atoms with E-state index in [1.54, 1.807) is 0 Å². The molecule has 0 fully saturated rings. The van der Waals surface area contributed by atoms with Gasteiger partial charge >= 0.3 is 17.1 Å². The summed E-state index contributed by atoms with van der Waals surface area (Å²) < 4.78 is 0. The van der Waals surface area contributed by atoms with Crippen LogP contribution in [0.1, 0.15) is 60.8 Å². The predicted octanol–water partition coefficient (Wildman–Crippen LogP) is -2.67. The van der Waals surface area contributed by atoms with E-state index in [0.29, 0.717) is 37.0 Å².